The van der Waals surface area contributed by atoms with E-state index in [0.29, 0.717) is 39.2 Å². The van der Waals surface area contributed by atoms with Gasteiger partial charge in [0.05, 0.1) is 33.9 Å². The number of carboxylic acid groups (broad SMARTS) is 4. The SMILES string of the molecule is CCCOc1cc(-c2ccc(F)cc2)ccc1C(=O)O.CS(=O)(=O)c1cc(-c2ccc(F)cc2)ccc1C(=O)O.O=C(O)c1ccc(-c2ccc(F)cc2)cc1Br.O=C(O)c1ccc(-c2ccc(F)cc2)nc1Cl. The molecular formula is C55H41BrClF4NO11S. The van der Waals surface area contributed by atoms with Gasteiger partial charge in [-0.3, -0.25) is 0 Å². The van der Waals surface area contributed by atoms with Crippen LogP contribution in [0, 0.1) is 23.3 Å². The van der Waals surface area contributed by atoms with E-state index in [2.05, 4.69) is 20.9 Å². The van der Waals surface area contributed by atoms with E-state index in [0.717, 1.165) is 34.9 Å². The average Bonchev–Trinajstić information content (AvgIpc) is 3.36. The number of rotatable bonds is 12. The van der Waals surface area contributed by atoms with Crippen LogP contribution >= 0.6 is 27.5 Å². The highest BCUT2D eigenvalue weighted by molar-refractivity contribution is 9.10. The summed E-state index contributed by atoms with van der Waals surface area (Å²) in [7, 11) is -3.67. The van der Waals surface area contributed by atoms with Crippen molar-refractivity contribution < 1.29 is 70.3 Å². The number of pyridine rings is 1. The molecule has 0 fully saturated rings. The Morgan fingerprint density at radius 3 is 1.23 bits per heavy atom. The summed E-state index contributed by atoms with van der Waals surface area (Å²) < 4.78 is 80.6. The number of benzene rings is 7. The molecule has 0 spiro atoms. The second-order valence-corrected chi connectivity index (χ2v) is 18.7. The van der Waals surface area contributed by atoms with Crippen molar-refractivity contribution in [3.8, 4) is 50.4 Å². The Morgan fingerprint density at radius 1 is 0.500 bits per heavy atom. The molecule has 0 aliphatic rings. The molecule has 19 heteroatoms. The molecule has 7 aromatic carbocycles. The van der Waals surface area contributed by atoms with Crippen molar-refractivity contribution in [3.05, 3.63) is 219 Å². The first-order valence-corrected chi connectivity index (χ1v) is 24.7. The number of aromatic carboxylic acids is 4. The average molecular weight is 1120 g/mol. The van der Waals surface area contributed by atoms with Crippen molar-refractivity contribution in [2.24, 2.45) is 0 Å². The predicted octanol–water partition coefficient (Wildman–Crippen LogP) is 13.8. The van der Waals surface area contributed by atoms with Gasteiger partial charge in [-0.15, -0.1) is 0 Å². The van der Waals surface area contributed by atoms with E-state index in [1.807, 2.05) is 6.92 Å². The standard InChI is InChI=1S/C16H15FO3.C14H11FO4S.C13H8BrFO2.C12H7ClFNO2/c1-2-9-20-15-10-12(5-8-14(15)16(18)19)11-3-6-13(17)7-4-11;1-20(18,19)13-8-10(4-7-12(13)14(16)17)9-2-5-11(15)6-3-9;14-12-7-9(3-6-11(12)13(16)17)8-1-4-10(15)5-2-8;13-11-9(12(16)17)5-6-10(15-11)7-1-3-8(14)4-2-7/h3-8,10H,2,9H2,1H3,(H,18,19);2-8H,1H3,(H,16,17);1-7H,(H,16,17);1-6H,(H,16,17). The third-order valence-electron chi connectivity index (χ3n) is 10.2. The van der Waals surface area contributed by atoms with Crippen LogP contribution in [-0.2, 0) is 9.84 Å². The minimum absolute atomic E-state index is 0.0578. The molecule has 0 saturated heterocycles. The summed E-state index contributed by atoms with van der Waals surface area (Å²) >= 11 is 8.94. The Hall–Kier alpha value is -8.19. The lowest BCUT2D eigenvalue weighted by Gasteiger charge is -2.10. The van der Waals surface area contributed by atoms with Crippen LogP contribution in [0.4, 0.5) is 17.6 Å². The summed E-state index contributed by atoms with van der Waals surface area (Å²) in [6.07, 6.45) is 1.74. The smallest absolute Gasteiger partial charge is 0.339 e. The topological polar surface area (TPSA) is 205 Å². The van der Waals surface area contributed by atoms with Crippen LogP contribution in [0.3, 0.4) is 0 Å². The minimum Gasteiger partial charge on any atom is -0.493 e. The number of aromatic nitrogens is 1. The number of halogens is 6. The Labute approximate surface area is 434 Å². The maximum Gasteiger partial charge on any atom is 0.339 e. The molecule has 8 rings (SSSR count). The summed E-state index contributed by atoms with van der Waals surface area (Å²) in [5, 5.41) is 35.7. The number of carbonyl (C=O) groups is 4. The fourth-order valence-electron chi connectivity index (χ4n) is 6.57. The van der Waals surface area contributed by atoms with Crippen molar-refractivity contribution in [3.63, 3.8) is 0 Å². The number of carboxylic acids is 4. The highest BCUT2D eigenvalue weighted by atomic mass is 79.9. The molecule has 4 N–H and O–H groups in total. The van der Waals surface area contributed by atoms with Crippen molar-refractivity contribution in [1.82, 2.24) is 4.98 Å². The Morgan fingerprint density at radius 2 is 0.851 bits per heavy atom. The largest absolute Gasteiger partial charge is 0.493 e. The van der Waals surface area contributed by atoms with Crippen molar-refractivity contribution in [1.29, 1.82) is 0 Å². The second-order valence-electron chi connectivity index (χ2n) is 15.5. The van der Waals surface area contributed by atoms with Gasteiger partial charge >= 0.3 is 23.9 Å². The fourth-order valence-corrected chi connectivity index (χ4v) is 8.24. The van der Waals surface area contributed by atoms with Crippen LogP contribution in [0.1, 0.15) is 54.8 Å². The molecule has 74 heavy (non-hydrogen) atoms. The van der Waals surface area contributed by atoms with Crippen LogP contribution in [0.5, 0.6) is 5.75 Å². The van der Waals surface area contributed by atoms with Gasteiger partial charge in [-0.2, -0.15) is 0 Å². The third-order valence-corrected chi connectivity index (χ3v) is 12.3. The molecule has 380 valence electrons. The molecule has 0 radical (unpaired) electrons. The minimum atomic E-state index is -3.67. The first kappa shape index (κ1) is 56.7. The molecular weight excluding hydrogens is 1070 g/mol. The van der Waals surface area contributed by atoms with E-state index in [4.69, 9.17) is 36.8 Å². The highest BCUT2D eigenvalue weighted by Crippen LogP contribution is 2.30. The number of hydrogen-bond acceptors (Lipinski definition) is 8. The quantitative estimate of drug-likeness (QED) is 0.0666. The van der Waals surface area contributed by atoms with E-state index in [9.17, 15) is 45.2 Å². The maximum atomic E-state index is 12.9. The van der Waals surface area contributed by atoms with Crippen LogP contribution in [-0.4, -0.2) is 70.6 Å². The van der Waals surface area contributed by atoms with E-state index in [-0.39, 0.29) is 49.8 Å². The Balaban J connectivity index is 0.000000183. The van der Waals surface area contributed by atoms with Crippen LogP contribution in [0.15, 0.2) is 173 Å². The number of ether oxygens (including phenoxy) is 1. The van der Waals surface area contributed by atoms with Gasteiger partial charge < -0.3 is 25.2 Å². The van der Waals surface area contributed by atoms with Gasteiger partial charge in [-0.1, -0.05) is 73.1 Å². The number of hydrogen-bond donors (Lipinski definition) is 4. The zero-order chi connectivity index (χ0) is 54.3. The van der Waals surface area contributed by atoms with Gasteiger partial charge in [0.2, 0.25) is 0 Å². The predicted molar refractivity (Wildman–Crippen MR) is 275 cm³/mol. The van der Waals surface area contributed by atoms with Gasteiger partial charge in [0.1, 0.15) is 39.7 Å². The van der Waals surface area contributed by atoms with Crippen molar-refractivity contribution in [2.45, 2.75) is 18.2 Å². The zero-order valence-corrected chi connectivity index (χ0v) is 41.9. The molecule has 0 saturated carbocycles. The number of nitrogens with zero attached hydrogens (tertiary/aromatic N) is 1. The summed E-state index contributed by atoms with van der Waals surface area (Å²) in [6, 6.07) is 40.0. The third kappa shape index (κ3) is 15.9. The van der Waals surface area contributed by atoms with Gasteiger partial charge in [0, 0.05) is 16.3 Å². The highest BCUT2D eigenvalue weighted by Gasteiger charge is 2.20. The molecule has 1 heterocycles. The maximum absolute atomic E-state index is 12.9. The molecule has 8 aromatic rings. The fraction of sp³-hybridized carbons (Fsp3) is 0.0727. The van der Waals surface area contributed by atoms with E-state index >= 15 is 0 Å². The normalized spacial score (nSPS) is 10.5. The van der Waals surface area contributed by atoms with E-state index < -0.39 is 39.5 Å². The Bertz CT molecular complexity index is 3320. The summed E-state index contributed by atoms with van der Waals surface area (Å²) in [5.74, 6) is -5.47. The second kappa shape index (κ2) is 26.0. The van der Waals surface area contributed by atoms with Crippen molar-refractivity contribution >= 4 is 61.2 Å². The van der Waals surface area contributed by atoms with Gasteiger partial charge in [-0.25, -0.2) is 50.1 Å². The van der Waals surface area contributed by atoms with Crippen LogP contribution < -0.4 is 4.74 Å². The van der Waals surface area contributed by atoms with Crippen molar-refractivity contribution in [2.75, 3.05) is 12.9 Å². The summed E-state index contributed by atoms with van der Waals surface area (Å²) in [5.41, 5.74) is 5.56. The lowest BCUT2D eigenvalue weighted by molar-refractivity contribution is 0.0681. The lowest BCUT2D eigenvalue weighted by atomic mass is 10.0. The van der Waals surface area contributed by atoms with Crippen LogP contribution in [0.2, 0.25) is 5.15 Å². The molecule has 0 bridgehead atoms. The summed E-state index contributed by atoms with van der Waals surface area (Å²) in [4.78, 5) is 47.5. The first-order valence-electron chi connectivity index (χ1n) is 21.6. The van der Waals surface area contributed by atoms with Gasteiger partial charge in [0.25, 0.3) is 0 Å². The van der Waals surface area contributed by atoms with E-state index in [1.165, 1.54) is 103 Å². The Kier molecular flexibility index (Phi) is 19.9. The van der Waals surface area contributed by atoms with Gasteiger partial charge in [0.15, 0.2) is 9.84 Å². The van der Waals surface area contributed by atoms with E-state index in [1.54, 1.807) is 60.7 Å². The molecule has 0 atom stereocenters. The number of sulfone groups is 1. The monoisotopic (exact) mass is 1110 g/mol. The molecule has 0 amide bonds. The van der Waals surface area contributed by atoms with Crippen LogP contribution in [0.25, 0.3) is 44.6 Å². The summed E-state index contributed by atoms with van der Waals surface area (Å²) in [6.45, 7) is 2.40. The zero-order valence-electron chi connectivity index (χ0n) is 38.8. The molecule has 1 aromatic heterocycles. The molecule has 12 nitrogen and oxygen atoms in total. The lowest BCUT2D eigenvalue weighted by Crippen LogP contribution is -2.07. The molecule has 0 aliphatic carbocycles. The molecule has 0 unspecified atom stereocenters. The van der Waals surface area contributed by atoms with Gasteiger partial charge in [-0.05, 0) is 165 Å². The molecule has 0 aliphatic heterocycles. The first-order chi connectivity index (χ1) is 35.1.